The van der Waals surface area contributed by atoms with Crippen molar-refractivity contribution >= 4 is 35.9 Å². The lowest BCUT2D eigenvalue weighted by molar-refractivity contribution is -0.151. The number of ether oxygens (including phenoxy) is 3. The van der Waals surface area contributed by atoms with Crippen LogP contribution in [0.25, 0.3) is 11.2 Å². The highest BCUT2D eigenvalue weighted by Gasteiger charge is 2.50. The summed E-state index contributed by atoms with van der Waals surface area (Å²) in [7, 11) is 0. The van der Waals surface area contributed by atoms with Gasteiger partial charge < -0.3 is 30.2 Å². The van der Waals surface area contributed by atoms with Crippen molar-refractivity contribution in [1.29, 1.82) is 0 Å². The van der Waals surface area contributed by atoms with Crippen molar-refractivity contribution in [2.45, 2.75) is 49.5 Å². The van der Waals surface area contributed by atoms with Gasteiger partial charge in [-0.2, -0.15) is 15.1 Å². The highest BCUT2D eigenvalue weighted by molar-refractivity contribution is 5.84. The summed E-state index contributed by atoms with van der Waals surface area (Å²) in [6.07, 6.45) is 1.85. The molecule has 2 fully saturated rings. The van der Waals surface area contributed by atoms with Crippen LogP contribution in [-0.2, 0) is 30.3 Å². The van der Waals surface area contributed by atoms with Crippen molar-refractivity contribution in [1.82, 2.24) is 39.6 Å². The fourth-order valence-electron chi connectivity index (χ4n) is 6.28. The number of carbonyl (C=O) groups excluding carboxylic acids is 2. The molecule has 0 amide bonds. The van der Waals surface area contributed by atoms with E-state index >= 15 is 0 Å². The summed E-state index contributed by atoms with van der Waals surface area (Å²) in [5, 5.41) is 14.5. The molecule has 5 aromatic rings. The minimum Gasteiger partial charge on any atom is -0.458 e. The maximum Gasteiger partial charge on any atom is 0.293 e. The molecule has 2 aromatic carbocycles. The Hall–Kier alpha value is -5.41. The number of hydrogen-bond donors (Lipinski definition) is 3. The van der Waals surface area contributed by atoms with Gasteiger partial charge in [0.2, 0.25) is 5.95 Å². The number of anilines is 2. The maximum absolute atomic E-state index is 11.7. The van der Waals surface area contributed by atoms with Crippen LogP contribution in [0.3, 0.4) is 0 Å². The Morgan fingerprint density at radius 3 is 2.38 bits per heavy atom. The average Bonchev–Trinajstić information content (AvgIpc) is 3.93. The number of carbonyl (C=O) groups is 2. The summed E-state index contributed by atoms with van der Waals surface area (Å²) in [6.45, 7) is 3.03. The summed E-state index contributed by atoms with van der Waals surface area (Å²) in [6, 6.07) is 20.7. The minimum absolute atomic E-state index is 0.0299. The standard InChI is InChI=1S/C32H34N10O5/c43-19-45-27-25(15-41-17-34-16-37-41)47-31(28(27)46-20-44)42-18-36-26-29(39-32(40-30(26)42)38-23-11-12-33-13-23)35-14-24(21-7-3-1-4-8-21)22-9-5-2-6-10-22/h1-10,16-20,23-25,27-28,31,33H,11-15H2,(H2,35,38,39,40)/t23-,25-,27-,28-,31-/m1/s1. The van der Waals surface area contributed by atoms with Crippen molar-refractivity contribution in [2.24, 2.45) is 0 Å². The molecule has 5 heterocycles. The molecule has 0 saturated carbocycles. The van der Waals surface area contributed by atoms with Crippen LogP contribution < -0.4 is 16.0 Å². The maximum atomic E-state index is 11.7. The largest absolute Gasteiger partial charge is 0.458 e. The Morgan fingerprint density at radius 2 is 1.72 bits per heavy atom. The summed E-state index contributed by atoms with van der Waals surface area (Å²) in [5.74, 6) is 0.976. The Labute approximate surface area is 269 Å². The minimum atomic E-state index is -0.994. The van der Waals surface area contributed by atoms with Crippen molar-refractivity contribution < 1.29 is 23.8 Å². The molecule has 2 aliphatic rings. The zero-order valence-electron chi connectivity index (χ0n) is 25.3. The number of nitrogens with one attached hydrogen (secondary N) is 3. The van der Waals surface area contributed by atoms with Crippen LogP contribution in [0, 0.1) is 0 Å². The van der Waals surface area contributed by atoms with Crippen LogP contribution in [0.1, 0.15) is 29.7 Å². The second-order valence-corrected chi connectivity index (χ2v) is 11.4. The third kappa shape index (κ3) is 6.48. The molecule has 0 bridgehead atoms. The monoisotopic (exact) mass is 638 g/mol. The molecule has 3 N–H and O–H groups in total. The topological polar surface area (TPSA) is 172 Å². The van der Waals surface area contributed by atoms with Gasteiger partial charge in [0.25, 0.3) is 12.9 Å². The molecule has 0 spiro atoms. The second kappa shape index (κ2) is 13.9. The first-order chi connectivity index (χ1) is 23.2. The Morgan fingerprint density at radius 1 is 0.979 bits per heavy atom. The first-order valence-corrected chi connectivity index (χ1v) is 15.4. The number of rotatable bonds is 14. The van der Waals surface area contributed by atoms with Crippen LogP contribution >= 0.6 is 0 Å². The predicted molar refractivity (Wildman–Crippen MR) is 169 cm³/mol. The van der Waals surface area contributed by atoms with Gasteiger partial charge in [-0.05, 0) is 24.1 Å². The normalized spacial score (nSPS) is 22.4. The first kappa shape index (κ1) is 30.3. The molecule has 0 radical (unpaired) electrons. The van der Waals surface area contributed by atoms with Crippen molar-refractivity contribution in [3.63, 3.8) is 0 Å². The van der Waals surface area contributed by atoms with Crippen LogP contribution in [0.15, 0.2) is 79.6 Å². The van der Waals surface area contributed by atoms with E-state index in [4.69, 9.17) is 29.2 Å². The predicted octanol–water partition coefficient (Wildman–Crippen LogP) is 2.12. The third-order valence-corrected chi connectivity index (χ3v) is 8.51. The lowest BCUT2D eigenvalue weighted by Crippen LogP contribution is -2.38. The molecule has 15 nitrogen and oxygen atoms in total. The molecule has 2 aliphatic heterocycles. The molecule has 2 saturated heterocycles. The van der Waals surface area contributed by atoms with E-state index in [2.05, 4.69) is 50.3 Å². The van der Waals surface area contributed by atoms with Gasteiger partial charge in [0.1, 0.15) is 18.8 Å². The fourth-order valence-corrected chi connectivity index (χ4v) is 6.28. The van der Waals surface area contributed by atoms with Gasteiger partial charge in [-0.1, -0.05) is 60.7 Å². The molecule has 7 rings (SSSR count). The van der Waals surface area contributed by atoms with E-state index in [1.54, 1.807) is 15.6 Å². The van der Waals surface area contributed by atoms with Crippen LogP contribution in [0.5, 0.6) is 0 Å². The van der Waals surface area contributed by atoms with Crippen LogP contribution in [-0.4, -0.2) is 91.2 Å². The fraction of sp³-hybridized carbons (Fsp3) is 0.344. The van der Waals surface area contributed by atoms with Crippen molar-refractivity contribution in [3.8, 4) is 0 Å². The Kier molecular flexibility index (Phi) is 8.96. The van der Waals surface area contributed by atoms with E-state index in [1.165, 1.54) is 12.7 Å². The van der Waals surface area contributed by atoms with Gasteiger partial charge in [0.15, 0.2) is 35.4 Å². The van der Waals surface area contributed by atoms with Gasteiger partial charge in [-0.25, -0.2) is 9.97 Å². The average molecular weight is 639 g/mol. The van der Waals surface area contributed by atoms with Crippen LogP contribution in [0.2, 0.25) is 0 Å². The number of imidazole rings is 1. The summed E-state index contributed by atoms with van der Waals surface area (Å²) in [5.41, 5.74) is 3.26. The molecular weight excluding hydrogens is 604 g/mol. The van der Waals surface area contributed by atoms with E-state index in [9.17, 15) is 9.59 Å². The quantitative estimate of drug-likeness (QED) is 0.151. The third-order valence-electron chi connectivity index (χ3n) is 8.51. The molecule has 0 aliphatic carbocycles. The van der Waals surface area contributed by atoms with E-state index in [-0.39, 0.29) is 18.5 Å². The lowest BCUT2D eigenvalue weighted by Gasteiger charge is -2.22. The van der Waals surface area contributed by atoms with E-state index in [0.29, 0.717) is 42.4 Å². The zero-order valence-corrected chi connectivity index (χ0v) is 25.3. The zero-order chi connectivity index (χ0) is 32.0. The first-order valence-electron chi connectivity index (χ1n) is 15.4. The Bertz CT molecular complexity index is 1730. The molecule has 242 valence electrons. The molecule has 3 aromatic heterocycles. The summed E-state index contributed by atoms with van der Waals surface area (Å²) >= 11 is 0. The number of nitrogens with zero attached hydrogens (tertiary/aromatic N) is 7. The second-order valence-electron chi connectivity index (χ2n) is 11.4. The highest BCUT2D eigenvalue weighted by atomic mass is 16.6. The summed E-state index contributed by atoms with van der Waals surface area (Å²) < 4.78 is 20.5. The number of fused-ring (bicyclic) bond motifs is 1. The van der Waals surface area contributed by atoms with Crippen molar-refractivity contribution in [2.75, 3.05) is 30.3 Å². The van der Waals surface area contributed by atoms with Gasteiger partial charge in [0, 0.05) is 25.0 Å². The molecule has 0 unspecified atom stereocenters. The highest BCUT2D eigenvalue weighted by Crippen LogP contribution is 2.37. The lowest BCUT2D eigenvalue weighted by atomic mass is 9.91. The van der Waals surface area contributed by atoms with E-state index in [1.807, 2.05) is 36.4 Å². The molecule has 47 heavy (non-hydrogen) atoms. The molecular formula is C32H34N10O5. The summed E-state index contributed by atoms with van der Waals surface area (Å²) in [4.78, 5) is 41.6. The number of aromatic nitrogens is 7. The smallest absolute Gasteiger partial charge is 0.293 e. The molecule has 15 heteroatoms. The van der Waals surface area contributed by atoms with Gasteiger partial charge in [0.05, 0.1) is 12.9 Å². The van der Waals surface area contributed by atoms with E-state index in [0.717, 1.165) is 30.6 Å². The Balaban J connectivity index is 1.25. The van der Waals surface area contributed by atoms with Gasteiger partial charge in [-0.3, -0.25) is 18.8 Å². The van der Waals surface area contributed by atoms with Gasteiger partial charge in [-0.15, -0.1) is 0 Å². The SMILES string of the molecule is O=CO[C@@H]1[C@H](OC=O)[C@@H](Cn2cncn2)O[C@H]1n1cnc2c(NCC(c3ccccc3)c3ccccc3)nc(N[C@@H]3CCNC3)nc21. The van der Waals surface area contributed by atoms with Gasteiger partial charge >= 0.3 is 0 Å². The molecule has 5 atom stereocenters. The van der Waals surface area contributed by atoms with Crippen molar-refractivity contribution in [3.05, 3.63) is 90.8 Å². The van der Waals surface area contributed by atoms with Crippen LogP contribution in [0.4, 0.5) is 11.8 Å². The van der Waals surface area contributed by atoms with E-state index < -0.39 is 24.5 Å². The number of benzene rings is 2. The number of hydrogen-bond acceptors (Lipinski definition) is 13.